The Balaban J connectivity index is 1.78. The summed E-state index contributed by atoms with van der Waals surface area (Å²) in [6, 6.07) is 8.36. The molecular weight excluding hydrogens is 345 g/mol. The fourth-order valence-electron chi connectivity index (χ4n) is 3.66. The van der Waals surface area contributed by atoms with Gasteiger partial charge in [0.1, 0.15) is 17.2 Å². The quantitative estimate of drug-likeness (QED) is 0.732. The molecule has 6 heteroatoms. The normalized spacial score (nSPS) is 17.0. The zero-order chi connectivity index (χ0) is 19.0. The van der Waals surface area contributed by atoms with Gasteiger partial charge in [-0.25, -0.2) is 9.37 Å². The van der Waals surface area contributed by atoms with Crippen molar-refractivity contribution in [1.82, 2.24) is 9.97 Å². The molecule has 0 aliphatic heterocycles. The molecule has 4 rings (SSSR count). The van der Waals surface area contributed by atoms with Gasteiger partial charge in [0, 0.05) is 28.8 Å². The first-order valence-corrected chi connectivity index (χ1v) is 8.87. The highest BCUT2D eigenvalue weighted by molar-refractivity contribution is 5.96. The third-order valence-corrected chi connectivity index (χ3v) is 5.14. The van der Waals surface area contributed by atoms with Gasteiger partial charge in [-0.1, -0.05) is 6.08 Å². The molecule has 3 aromatic rings. The molecule has 0 spiro atoms. The van der Waals surface area contributed by atoms with E-state index in [0.29, 0.717) is 17.7 Å². The van der Waals surface area contributed by atoms with E-state index in [1.807, 2.05) is 12.1 Å². The number of aromatic amines is 1. The van der Waals surface area contributed by atoms with Gasteiger partial charge in [-0.15, -0.1) is 0 Å². The highest BCUT2D eigenvalue weighted by Crippen LogP contribution is 2.37. The number of primary amides is 1. The minimum Gasteiger partial charge on any atom is -0.496 e. The number of aromatic nitrogens is 2. The zero-order valence-corrected chi connectivity index (χ0v) is 15.0. The summed E-state index contributed by atoms with van der Waals surface area (Å²) in [7, 11) is 1.57. The number of rotatable bonds is 4. The van der Waals surface area contributed by atoms with Crippen LogP contribution in [0.2, 0.25) is 0 Å². The Morgan fingerprint density at radius 3 is 2.85 bits per heavy atom. The Labute approximate surface area is 156 Å². The van der Waals surface area contributed by atoms with Crippen LogP contribution in [-0.4, -0.2) is 23.0 Å². The Morgan fingerprint density at radius 2 is 2.15 bits per heavy atom. The maximum absolute atomic E-state index is 13.8. The molecule has 0 saturated heterocycles. The van der Waals surface area contributed by atoms with Crippen molar-refractivity contribution in [2.24, 2.45) is 11.7 Å². The van der Waals surface area contributed by atoms with E-state index in [1.165, 1.54) is 12.1 Å². The van der Waals surface area contributed by atoms with Gasteiger partial charge >= 0.3 is 0 Å². The summed E-state index contributed by atoms with van der Waals surface area (Å²) in [6.45, 7) is 0. The van der Waals surface area contributed by atoms with E-state index in [1.54, 1.807) is 19.4 Å². The standard InChI is InChI=1S/C21H20FN3O2/c1-27-19-7-6-14(22)10-16(19)15-8-9-24-21-17(15)11-18(25-21)12-2-4-13(5-3-12)20(23)26/h2,6-11,13H,3-5H2,1H3,(H2,23,26)(H,24,25). The summed E-state index contributed by atoms with van der Waals surface area (Å²) in [5, 5.41) is 0.898. The minimum absolute atomic E-state index is 0.0941. The van der Waals surface area contributed by atoms with Gasteiger partial charge in [0.2, 0.25) is 5.91 Å². The molecule has 0 bridgehead atoms. The first kappa shape index (κ1) is 17.3. The second-order valence-electron chi connectivity index (χ2n) is 6.75. The largest absolute Gasteiger partial charge is 0.496 e. The lowest BCUT2D eigenvalue weighted by Gasteiger charge is -2.18. The number of nitrogens with zero attached hydrogens (tertiary/aromatic N) is 1. The second kappa shape index (κ2) is 6.87. The number of hydrogen-bond acceptors (Lipinski definition) is 3. The smallest absolute Gasteiger partial charge is 0.220 e. The number of H-pyrrole nitrogens is 1. The number of pyridine rings is 1. The first-order chi connectivity index (χ1) is 13.1. The van der Waals surface area contributed by atoms with Gasteiger partial charge < -0.3 is 15.5 Å². The number of ether oxygens (including phenoxy) is 1. The van der Waals surface area contributed by atoms with Crippen LogP contribution >= 0.6 is 0 Å². The minimum atomic E-state index is -0.320. The number of nitrogens with two attached hydrogens (primary N) is 1. The van der Waals surface area contributed by atoms with Crippen molar-refractivity contribution < 1.29 is 13.9 Å². The van der Waals surface area contributed by atoms with Gasteiger partial charge in [0.15, 0.2) is 0 Å². The van der Waals surface area contributed by atoms with E-state index < -0.39 is 0 Å². The van der Waals surface area contributed by atoms with Crippen LogP contribution in [0.15, 0.2) is 42.6 Å². The molecule has 0 fully saturated rings. The number of carbonyl (C=O) groups is 1. The summed E-state index contributed by atoms with van der Waals surface area (Å²) >= 11 is 0. The molecule has 2 aromatic heterocycles. The highest BCUT2D eigenvalue weighted by atomic mass is 19.1. The van der Waals surface area contributed by atoms with Crippen molar-refractivity contribution in [2.45, 2.75) is 19.3 Å². The molecule has 1 aliphatic rings. The van der Waals surface area contributed by atoms with Gasteiger partial charge in [-0.3, -0.25) is 4.79 Å². The zero-order valence-electron chi connectivity index (χ0n) is 15.0. The number of carbonyl (C=O) groups excluding carboxylic acids is 1. The molecule has 0 radical (unpaired) electrons. The molecule has 138 valence electrons. The van der Waals surface area contributed by atoms with Crippen LogP contribution in [0.4, 0.5) is 4.39 Å². The average molecular weight is 365 g/mol. The Hall–Kier alpha value is -3.15. The van der Waals surface area contributed by atoms with Crippen LogP contribution < -0.4 is 10.5 Å². The number of nitrogens with one attached hydrogen (secondary N) is 1. The van der Waals surface area contributed by atoms with Crippen LogP contribution in [0.5, 0.6) is 5.75 Å². The van der Waals surface area contributed by atoms with Gasteiger partial charge in [0.25, 0.3) is 0 Å². The van der Waals surface area contributed by atoms with E-state index >= 15 is 0 Å². The van der Waals surface area contributed by atoms with Crippen molar-refractivity contribution in [3.63, 3.8) is 0 Å². The summed E-state index contributed by atoms with van der Waals surface area (Å²) < 4.78 is 19.2. The number of halogens is 1. The molecule has 1 unspecified atom stereocenters. The molecular formula is C21H20FN3O2. The van der Waals surface area contributed by atoms with E-state index in [4.69, 9.17) is 10.5 Å². The number of amides is 1. The Morgan fingerprint density at radius 1 is 1.30 bits per heavy atom. The summed E-state index contributed by atoms with van der Waals surface area (Å²) in [5.41, 5.74) is 9.77. The van der Waals surface area contributed by atoms with Gasteiger partial charge in [0.05, 0.1) is 7.11 Å². The molecule has 3 N–H and O–H groups in total. The Bertz CT molecular complexity index is 1050. The van der Waals surface area contributed by atoms with Crippen LogP contribution in [0, 0.1) is 11.7 Å². The van der Waals surface area contributed by atoms with E-state index in [-0.39, 0.29) is 17.6 Å². The highest BCUT2D eigenvalue weighted by Gasteiger charge is 2.21. The lowest BCUT2D eigenvalue weighted by atomic mass is 9.88. The van der Waals surface area contributed by atoms with Crippen LogP contribution in [0.1, 0.15) is 25.0 Å². The lowest BCUT2D eigenvalue weighted by Crippen LogP contribution is -2.24. The predicted molar refractivity (Wildman–Crippen MR) is 103 cm³/mol. The number of hydrogen-bond donors (Lipinski definition) is 2. The van der Waals surface area contributed by atoms with E-state index in [2.05, 4.69) is 16.0 Å². The predicted octanol–water partition coefficient (Wildman–Crippen LogP) is 4.05. The van der Waals surface area contributed by atoms with Crippen molar-refractivity contribution in [3.05, 3.63) is 54.1 Å². The van der Waals surface area contributed by atoms with Crippen molar-refractivity contribution in [2.75, 3.05) is 7.11 Å². The number of fused-ring (bicyclic) bond motifs is 1. The molecule has 1 amide bonds. The van der Waals surface area contributed by atoms with Crippen molar-refractivity contribution in [1.29, 1.82) is 0 Å². The summed E-state index contributed by atoms with van der Waals surface area (Å²) in [6.07, 6.45) is 5.93. The van der Waals surface area contributed by atoms with Crippen LogP contribution in [-0.2, 0) is 4.79 Å². The maximum Gasteiger partial charge on any atom is 0.220 e. The van der Waals surface area contributed by atoms with Crippen molar-refractivity contribution in [3.8, 4) is 16.9 Å². The molecule has 1 aromatic carbocycles. The number of allylic oxidation sites excluding steroid dienone is 2. The third kappa shape index (κ3) is 3.18. The average Bonchev–Trinajstić information content (AvgIpc) is 3.12. The Kier molecular flexibility index (Phi) is 4.39. The number of methoxy groups -OCH3 is 1. The molecule has 0 saturated carbocycles. The number of benzene rings is 1. The monoisotopic (exact) mass is 365 g/mol. The fraction of sp³-hybridized carbons (Fsp3) is 0.238. The van der Waals surface area contributed by atoms with E-state index in [0.717, 1.165) is 40.7 Å². The summed E-state index contributed by atoms with van der Waals surface area (Å²) in [4.78, 5) is 19.1. The maximum atomic E-state index is 13.8. The van der Waals surface area contributed by atoms with Crippen LogP contribution in [0.3, 0.4) is 0 Å². The molecule has 27 heavy (non-hydrogen) atoms. The summed E-state index contributed by atoms with van der Waals surface area (Å²) in [5.74, 6) is -0.0562. The first-order valence-electron chi connectivity index (χ1n) is 8.87. The molecule has 1 aliphatic carbocycles. The van der Waals surface area contributed by atoms with E-state index in [9.17, 15) is 9.18 Å². The van der Waals surface area contributed by atoms with Gasteiger partial charge in [-0.05, 0) is 60.7 Å². The third-order valence-electron chi connectivity index (χ3n) is 5.14. The molecule has 5 nitrogen and oxygen atoms in total. The van der Waals surface area contributed by atoms with Gasteiger partial charge in [-0.2, -0.15) is 0 Å². The van der Waals surface area contributed by atoms with Crippen molar-refractivity contribution >= 4 is 22.5 Å². The lowest BCUT2D eigenvalue weighted by molar-refractivity contribution is -0.121. The second-order valence-corrected chi connectivity index (χ2v) is 6.75. The molecule has 1 atom stereocenters. The van der Waals surface area contributed by atoms with Crippen LogP contribution in [0.25, 0.3) is 27.7 Å². The molecule has 2 heterocycles. The SMILES string of the molecule is COc1ccc(F)cc1-c1ccnc2[nH]c(C3=CCC(C(N)=O)CC3)cc12. The topological polar surface area (TPSA) is 81.0 Å². The fourth-order valence-corrected chi connectivity index (χ4v) is 3.66.